The van der Waals surface area contributed by atoms with Crippen molar-refractivity contribution in [2.45, 2.75) is 10.8 Å². The van der Waals surface area contributed by atoms with E-state index in [9.17, 15) is 8.42 Å². The van der Waals surface area contributed by atoms with Crippen LogP contribution in [0.1, 0.15) is 5.56 Å². The number of ether oxygens (including phenoxy) is 1. The van der Waals surface area contributed by atoms with Gasteiger partial charge in [0, 0.05) is 0 Å². The van der Waals surface area contributed by atoms with Crippen molar-refractivity contribution in [1.29, 1.82) is 0 Å². The van der Waals surface area contributed by atoms with Crippen LogP contribution in [-0.4, -0.2) is 15.5 Å². The van der Waals surface area contributed by atoms with Gasteiger partial charge in [-0.25, -0.2) is 8.42 Å². The van der Waals surface area contributed by atoms with E-state index in [-0.39, 0.29) is 6.54 Å². The Morgan fingerprint density at radius 2 is 1.64 bits per heavy atom. The molecule has 1 heterocycles. The largest absolute Gasteiger partial charge is 0.495 e. The van der Waals surface area contributed by atoms with Crippen LogP contribution in [-0.2, 0) is 16.6 Å². The van der Waals surface area contributed by atoms with Crippen molar-refractivity contribution >= 4 is 37.8 Å². The molecule has 0 fully saturated rings. The van der Waals surface area contributed by atoms with Crippen LogP contribution in [0.3, 0.4) is 0 Å². The second-order valence-electron chi connectivity index (χ2n) is 6.25. The summed E-state index contributed by atoms with van der Waals surface area (Å²) in [6.45, 7) is 0.210. The van der Waals surface area contributed by atoms with Gasteiger partial charge < -0.3 is 4.74 Å². The second-order valence-corrected chi connectivity index (χ2v) is 9.29. The summed E-state index contributed by atoms with van der Waals surface area (Å²) in [5.41, 5.74) is 1.45. The standard InChI is InChI=1S/C22H19NO3S2/c1-26-21-13-5-4-12-20(21)23(28(24,25)22-14-7-15-27-22)16-18-10-6-9-17-8-2-3-11-19(17)18/h2-15H,16H2,1H3. The molecular weight excluding hydrogens is 390 g/mol. The average molecular weight is 410 g/mol. The van der Waals surface area contributed by atoms with E-state index in [1.54, 1.807) is 36.8 Å². The van der Waals surface area contributed by atoms with Gasteiger partial charge in [-0.15, -0.1) is 11.3 Å². The topological polar surface area (TPSA) is 46.6 Å². The Bertz CT molecular complexity index is 1200. The highest BCUT2D eigenvalue weighted by Gasteiger charge is 2.28. The lowest BCUT2D eigenvalue weighted by molar-refractivity contribution is 0.415. The Morgan fingerprint density at radius 1 is 0.893 bits per heavy atom. The quantitative estimate of drug-likeness (QED) is 0.434. The van der Waals surface area contributed by atoms with Gasteiger partial charge in [0.05, 0.1) is 19.3 Å². The molecule has 4 rings (SSSR count). The molecule has 0 saturated heterocycles. The lowest BCUT2D eigenvalue weighted by Gasteiger charge is -2.26. The third-order valence-corrected chi connectivity index (χ3v) is 7.72. The zero-order valence-corrected chi connectivity index (χ0v) is 16.9. The molecule has 6 heteroatoms. The predicted octanol–water partition coefficient (Wildman–Crippen LogP) is 5.31. The molecule has 0 bridgehead atoms. The van der Waals surface area contributed by atoms with E-state index in [4.69, 9.17) is 4.74 Å². The molecule has 0 saturated carbocycles. The SMILES string of the molecule is COc1ccccc1N(Cc1cccc2ccccc12)S(=O)(=O)c1cccs1. The van der Waals surface area contributed by atoms with Crippen molar-refractivity contribution in [1.82, 2.24) is 0 Å². The Hall–Kier alpha value is -2.83. The molecule has 28 heavy (non-hydrogen) atoms. The molecule has 0 aliphatic heterocycles. The summed E-state index contributed by atoms with van der Waals surface area (Å²) in [6.07, 6.45) is 0. The summed E-state index contributed by atoms with van der Waals surface area (Å²) in [5.74, 6) is 0.517. The highest BCUT2D eigenvalue weighted by atomic mass is 32.2. The lowest BCUT2D eigenvalue weighted by Crippen LogP contribution is -2.30. The summed E-state index contributed by atoms with van der Waals surface area (Å²) in [5, 5.41) is 3.88. The number of sulfonamides is 1. The molecule has 0 spiro atoms. The van der Waals surface area contributed by atoms with Crippen molar-refractivity contribution in [3.05, 3.63) is 89.8 Å². The molecule has 142 valence electrons. The molecule has 0 unspecified atom stereocenters. The van der Waals surface area contributed by atoms with E-state index in [0.29, 0.717) is 15.6 Å². The van der Waals surface area contributed by atoms with Crippen molar-refractivity contribution < 1.29 is 13.2 Å². The highest BCUT2D eigenvalue weighted by molar-refractivity contribution is 7.94. The molecule has 4 aromatic rings. The lowest BCUT2D eigenvalue weighted by atomic mass is 10.0. The Labute approximate surface area is 168 Å². The van der Waals surface area contributed by atoms with Crippen LogP contribution >= 0.6 is 11.3 Å². The number of para-hydroxylation sites is 2. The second kappa shape index (κ2) is 7.66. The highest BCUT2D eigenvalue weighted by Crippen LogP contribution is 2.35. The maximum atomic E-state index is 13.5. The molecule has 0 radical (unpaired) electrons. The fraction of sp³-hybridized carbons (Fsp3) is 0.0909. The number of hydrogen-bond acceptors (Lipinski definition) is 4. The molecule has 0 atom stereocenters. The zero-order valence-electron chi connectivity index (χ0n) is 15.3. The maximum absolute atomic E-state index is 13.5. The van der Waals surface area contributed by atoms with Crippen LogP contribution in [0.25, 0.3) is 10.8 Å². The normalized spacial score (nSPS) is 11.5. The first kappa shape index (κ1) is 18.5. The van der Waals surface area contributed by atoms with Gasteiger partial charge >= 0.3 is 0 Å². The minimum atomic E-state index is -3.74. The van der Waals surface area contributed by atoms with E-state index < -0.39 is 10.0 Å². The third kappa shape index (κ3) is 3.37. The summed E-state index contributed by atoms with van der Waals surface area (Å²) >= 11 is 1.21. The van der Waals surface area contributed by atoms with Gasteiger partial charge in [-0.2, -0.15) is 0 Å². The number of thiophene rings is 1. The fourth-order valence-electron chi connectivity index (χ4n) is 3.24. The van der Waals surface area contributed by atoms with Crippen LogP contribution < -0.4 is 9.04 Å². The number of methoxy groups -OCH3 is 1. The van der Waals surface area contributed by atoms with Gasteiger partial charge in [-0.1, -0.05) is 60.7 Å². The minimum absolute atomic E-state index is 0.210. The van der Waals surface area contributed by atoms with E-state index >= 15 is 0 Å². The third-order valence-electron chi connectivity index (χ3n) is 4.59. The van der Waals surface area contributed by atoms with Gasteiger partial charge in [-0.05, 0) is 39.9 Å². The first-order valence-corrected chi connectivity index (χ1v) is 11.1. The molecule has 1 aromatic heterocycles. The summed E-state index contributed by atoms with van der Waals surface area (Å²) < 4.78 is 34.2. The Balaban J connectivity index is 1.88. The number of rotatable bonds is 6. The van der Waals surface area contributed by atoms with E-state index in [2.05, 4.69) is 0 Å². The summed E-state index contributed by atoms with van der Waals surface area (Å²) in [7, 11) is -2.19. The van der Waals surface area contributed by atoms with Gasteiger partial charge in [0.15, 0.2) is 0 Å². The number of anilines is 1. The van der Waals surface area contributed by atoms with Crippen molar-refractivity contribution in [2.75, 3.05) is 11.4 Å². The van der Waals surface area contributed by atoms with Crippen molar-refractivity contribution in [3.63, 3.8) is 0 Å². The number of nitrogens with zero attached hydrogens (tertiary/aromatic N) is 1. The monoisotopic (exact) mass is 409 g/mol. The van der Waals surface area contributed by atoms with Gasteiger partial charge in [0.1, 0.15) is 9.96 Å². The summed E-state index contributed by atoms with van der Waals surface area (Å²) in [4.78, 5) is 0. The number of hydrogen-bond donors (Lipinski definition) is 0. The molecule has 0 aliphatic rings. The van der Waals surface area contributed by atoms with Crippen molar-refractivity contribution in [2.24, 2.45) is 0 Å². The Kier molecular flexibility index (Phi) is 5.07. The van der Waals surface area contributed by atoms with E-state index in [1.807, 2.05) is 54.6 Å². The molecule has 4 nitrogen and oxygen atoms in total. The van der Waals surface area contributed by atoms with Crippen molar-refractivity contribution in [3.8, 4) is 5.75 Å². The first-order valence-electron chi connectivity index (χ1n) is 8.77. The van der Waals surface area contributed by atoms with E-state index in [0.717, 1.165) is 16.3 Å². The average Bonchev–Trinajstić information content (AvgIpc) is 3.28. The minimum Gasteiger partial charge on any atom is -0.495 e. The van der Waals surface area contributed by atoms with Crippen LogP contribution in [0, 0.1) is 0 Å². The van der Waals surface area contributed by atoms with Gasteiger partial charge in [0.25, 0.3) is 10.0 Å². The van der Waals surface area contributed by atoms with Crippen LogP contribution in [0.15, 0.2) is 88.5 Å². The van der Waals surface area contributed by atoms with Crippen LogP contribution in [0.2, 0.25) is 0 Å². The predicted molar refractivity (Wildman–Crippen MR) is 115 cm³/mol. The molecule has 3 aromatic carbocycles. The smallest absolute Gasteiger partial charge is 0.274 e. The molecular formula is C22H19NO3S2. The zero-order chi connectivity index (χ0) is 19.6. The van der Waals surface area contributed by atoms with E-state index in [1.165, 1.54) is 15.6 Å². The fourth-order valence-corrected chi connectivity index (χ4v) is 5.80. The van der Waals surface area contributed by atoms with Gasteiger partial charge in [-0.3, -0.25) is 4.31 Å². The van der Waals surface area contributed by atoms with Crippen LogP contribution in [0.5, 0.6) is 5.75 Å². The Morgan fingerprint density at radius 3 is 2.43 bits per heavy atom. The molecule has 0 N–H and O–H groups in total. The molecule has 0 amide bonds. The first-order chi connectivity index (χ1) is 13.6. The number of benzene rings is 3. The number of fused-ring (bicyclic) bond motifs is 1. The van der Waals surface area contributed by atoms with Crippen LogP contribution in [0.4, 0.5) is 5.69 Å². The maximum Gasteiger partial charge on any atom is 0.274 e. The molecule has 0 aliphatic carbocycles. The van der Waals surface area contributed by atoms with Gasteiger partial charge in [0.2, 0.25) is 0 Å². The summed E-state index contributed by atoms with van der Waals surface area (Å²) in [6, 6.07) is 24.5.